The van der Waals surface area contributed by atoms with Crippen LogP contribution in [0.1, 0.15) is 6.42 Å². The van der Waals surface area contributed by atoms with Gasteiger partial charge in [-0.15, -0.1) is 0 Å². The molecule has 1 aliphatic rings. The molecular weight excluding hydrogens is 238 g/mol. The van der Waals surface area contributed by atoms with Crippen LogP contribution in [0.5, 0.6) is 0 Å². The van der Waals surface area contributed by atoms with Gasteiger partial charge in [0.05, 0.1) is 11.0 Å². The molecule has 1 aromatic heterocycles. The average molecular weight is 259 g/mol. The summed E-state index contributed by atoms with van der Waals surface area (Å²) in [4.78, 5) is 12.9. The van der Waals surface area contributed by atoms with Crippen LogP contribution in [0, 0.1) is 0 Å². The van der Waals surface area contributed by atoms with E-state index >= 15 is 0 Å². The summed E-state index contributed by atoms with van der Waals surface area (Å²) in [6.45, 7) is 6.15. The second-order valence-electron chi connectivity index (χ2n) is 5.05. The maximum absolute atomic E-state index is 5.56. The van der Waals surface area contributed by atoms with Crippen LogP contribution in [-0.4, -0.2) is 54.1 Å². The molecule has 5 nitrogen and oxygen atoms in total. The Morgan fingerprint density at radius 1 is 1.16 bits per heavy atom. The van der Waals surface area contributed by atoms with Crippen molar-refractivity contribution in [2.24, 2.45) is 5.73 Å². The molecule has 0 spiro atoms. The summed E-state index contributed by atoms with van der Waals surface area (Å²) < 4.78 is 0. The van der Waals surface area contributed by atoms with Crippen molar-refractivity contribution in [1.29, 1.82) is 0 Å². The lowest BCUT2D eigenvalue weighted by atomic mass is 10.3. The van der Waals surface area contributed by atoms with E-state index in [1.54, 1.807) is 0 Å². The molecule has 3 rings (SSSR count). The zero-order valence-electron chi connectivity index (χ0n) is 11.2. The number of nitrogens with one attached hydrogen (secondary N) is 1. The number of hydrogen-bond acceptors (Lipinski definition) is 4. The van der Waals surface area contributed by atoms with E-state index in [-0.39, 0.29) is 0 Å². The van der Waals surface area contributed by atoms with E-state index in [1.165, 1.54) is 0 Å². The minimum absolute atomic E-state index is 0.782. The van der Waals surface area contributed by atoms with Gasteiger partial charge in [0.1, 0.15) is 0 Å². The number of H-pyrrole nitrogens is 1. The smallest absolute Gasteiger partial charge is 0.203 e. The van der Waals surface area contributed by atoms with E-state index in [0.717, 1.165) is 62.7 Å². The molecule has 19 heavy (non-hydrogen) atoms. The van der Waals surface area contributed by atoms with Crippen molar-refractivity contribution in [3.8, 4) is 0 Å². The number of para-hydroxylation sites is 2. The Bertz CT molecular complexity index is 494. The lowest BCUT2D eigenvalue weighted by Crippen LogP contribution is -2.47. The molecule has 0 bridgehead atoms. The van der Waals surface area contributed by atoms with Crippen LogP contribution < -0.4 is 10.6 Å². The molecule has 3 N–H and O–H groups in total. The third kappa shape index (κ3) is 2.72. The van der Waals surface area contributed by atoms with Gasteiger partial charge in [-0.3, -0.25) is 4.90 Å². The van der Waals surface area contributed by atoms with E-state index in [0.29, 0.717) is 0 Å². The molecule has 1 aromatic carbocycles. The quantitative estimate of drug-likeness (QED) is 0.861. The number of anilines is 1. The Kier molecular flexibility index (Phi) is 3.66. The summed E-state index contributed by atoms with van der Waals surface area (Å²) in [5.74, 6) is 1.000. The number of hydrogen-bond donors (Lipinski definition) is 2. The standard InChI is InChI=1S/C14H21N5/c15-6-3-7-18-8-10-19(11-9-18)14-16-12-4-1-2-5-13(12)17-14/h1-2,4-5H,3,6-11,15H2,(H,16,17). The van der Waals surface area contributed by atoms with Crippen molar-refractivity contribution in [3.63, 3.8) is 0 Å². The maximum atomic E-state index is 5.56. The summed E-state index contributed by atoms with van der Waals surface area (Å²) in [7, 11) is 0. The largest absolute Gasteiger partial charge is 0.340 e. The molecule has 0 radical (unpaired) electrons. The molecule has 0 amide bonds. The SMILES string of the molecule is NCCCN1CCN(c2nc3ccccc3[nH]2)CC1. The Hall–Kier alpha value is -1.59. The zero-order valence-corrected chi connectivity index (χ0v) is 11.2. The minimum Gasteiger partial charge on any atom is -0.340 e. The van der Waals surface area contributed by atoms with Crippen molar-refractivity contribution in [2.75, 3.05) is 44.2 Å². The molecular formula is C14H21N5. The van der Waals surface area contributed by atoms with Gasteiger partial charge in [0.2, 0.25) is 5.95 Å². The number of nitrogens with zero attached hydrogens (tertiary/aromatic N) is 3. The molecule has 1 aliphatic heterocycles. The van der Waals surface area contributed by atoms with Crippen LogP contribution in [0.3, 0.4) is 0 Å². The van der Waals surface area contributed by atoms with Gasteiger partial charge in [-0.1, -0.05) is 12.1 Å². The molecule has 2 aromatic rings. The van der Waals surface area contributed by atoms with E-state index in [1.807, 2.05) is 18.2 Å². The highest BCUT2D eigenvalue weighted by Crippen LogP contribution is 2.18. The van der Waals surface area contributed by atoms with E-state index in [4.69, 9.17) is 5.73 Å². The monoisotopic (exact) mass is 259 g/mol. The van der Waals surface area contributed by atoms with Crippen molar-refractivity contribution in [3.05, 3.63) is 24.3 Å². The number of fused-ring (bicyclic) bond motifs is 1. The van der Waals surface area contributed by atoms with Crippen molar-refractivity contribution < 1.29 is 0 Å². The Morgan fingerprint density at radius 2 is 1.95 bits per heavy atom. The summed E-state index contributed by atoms with van der Waals surface area (Å²) in [5.41, 5.74) is 7.71. The van der Waals surface area contributed by atoms with Gasteiger partial charge < -0.3 is 15.6 Å². The van der Waals surface area contributed by atoms with Gasteiger partial charge >= 0.3 is 0 Å². The summed E-state index contributed by atoms with van der Waals surface area (Å²) in [5, 5.41) is 0. The number of imidazole rings is 1. The molecule has 5 heteroatoms. The first-order chi connectivity index (χ1) is 9.36. The van der Waals surface area contributed by atoms with Crippen LogP contribution in [0.15, 0.2) is 24.3 Å². The number of rotatable bonds is 4. The lowest BCUT2D eigenvalue weighted by molar-refractivity contribution is 0.255. The highest BCUT2D eigenvalue weighted by atomic mass is 15.3. The van der Waals surface area contributed by atoms with Crippen LogP contribution in [-0.2, 0) is 0 Å². The molecule has 2 heterocycles. The summed E-state index contributed by atoms with van der Waals surface area (Å²) in [6, 6.07) is 8.18. The second kappa shape index (κ2) is 5.59. The van der Waals surface area contributed by atoms with Crippen LogP contribution in [0.25, 0.3) is 11.0 Å². The average Bonchev–Trinajstić information content (AvgIpc) is 2.89. The predicted molar refractivity (Wildman–Crippen MR) is 78.4 cm³/mol. The van der Waals surface area contributed by atoms with Crippen molar-refractivity contribution in [2.45, 2.75) is 6.42 Å². The molecule has 102 valence electrons. The Balaban J connectivity index is 1.64. The van der Waals surface area contributed by atoms with Gasteiger partial charge in [0.15, 0.2) is 0 Å². The van der Waals surface area contributed by atoms with Crippen LogP contribution in [0.4, 0.5) is 5.95 Å². The first-order valence-electron chi connectivity index (χ1n) is 6.99. The van der Waals surface area contributed by atoms with Crippen molar-refractivity contribution in [1.82, 2.24) is 14.9 Å². The van der Waals surface area contributed by atoms with Gasteiger partial charge in [0.25, 0.3) is 0 Å². The number of piperazine rings is 1. The molecule has 0 aliphatic carbocycles. The highest BCUT2D eigenvalue weighted by Gasteiger charge is 2.18. The molecule has 1 fully saturated rings. The number of aromatic amines is 1. The number of benzene rings is 1. The molecule has 0 atom stereocenters. The van der Waals surface area contributed by atoms with Crippen molar-refractivity contribution >= 4 is 17.0 Å². The van der Waals surface area contributed by atoms with E-state index in [2.05, 4.69) is 25.8 Å². The van der Waals surface area contributed by atoms with Gasteiger partial charge in [-0.05, 0) is 31.6 Å². The first-order valence-corrected chi connectivity index (χ1v) is 6.99. The first kappa shape index (κ1) is 12.4. The number of nitrogens with two attached hydrogens (primary N) is 1. The van der Waals surface area contributed by atoms with Gasteiger partial charge in [0, 0.05) is 26.2 Å². The molecule has 0 unspecified atom stereocenters. The van der Waals surface area contributed by atoms with E-state index < -0.39 is 0 Å². The summed E-state index contributed by atoms with van der Waals surface area (Å²) >= 11 is 0. The van der Waals surface area contributed by atoms with E-state index in [9.17, 15) is 0 Å². The second-order valence-corrected chi connectivity index (χ2v) is 5.05. The minimum atomic E-state index is 0.782. The zero-order chi connectivity index (χ0) is 13.1. The predicted octanol–water partition coefficient (Wildman–Crippen LogP) is 1.03. The number of aromatic nitrogens is 2. The topological polar surface area (TPSA) is 61.2 Å². The van der Waals surface area contributed by atoms with Crippen LogP contribution >= 0.6 is 0 Å². The third-order valence-electron chi connectivity index (χ3n) is 3.73. The fourth-order valence-electron chi connectivity index (χ4n) is 2.59. The lowest BCUT2D eigenvalue weighted by Gasteiger charge is -2.34. The molecule has 1 saturated heterocycles. The summed E-state index contributed by atoms with van der Waals surface area (Å²) in [6.07, 6.45) is 1.09. The Labute approximate surface area is 113 Å². The molecule has 0 saturated carbocycles. The normalized spacial score (nSPS) is 17.2. The maximum Gasteiger partial charge on any atom is 0.203 e. The van der Waals surface area contributed by atoms with Crippen LogP contribution in [0.2, 0.25) is 0 Å². The Morgan fingerprint density at radius 3 is 2.68 bits per heavy atom. The fraction of sp³-hybridized carbons (Fsp3) is 0.500. The third-order valence-corrected chi connectivity index (χ3v) is 3.73. The van der Waals surface area contributed by atoms with Gasteiger partial charge in [-0.2, -0.15) is 0 Å². The van der Waals surface area contributed by atoms with Gasteiger partial charge in [-0.25, -0.2) is 4.98 Å². The highest BCUT2D eigenvalue weighted by molar-refractivity contribution is 5.77. The fourth-order valence-corrected chi connectivity index (χ4v) is 2.59.